The summed E-state index contributed by atoms with van der Waals surface area (Å²) in [5.74, 6) is 1.13. The van der Waals surface area contributed by atoms with Crippen LogP contribution < -0.4 is 20.5 Å². The van der Waals surface area contributed by atoms with E-state index in [1.807, 2.05) is 38.1 Å². The number of carbonyl (C=O) groups is 1. The van der Waals surface area contributed by atoms with Crippen molar-refractivity contribution in [1.82, 2.24) is 19.9 Å². The van der Waals surface area contributed by atoms with Crippen LogP contribution in [0.15, 0.2) is 42.5 Å². The van der Waals surface area contributed by atoms with Crippen molar-refractivity contribution < 1.29 is 14.3 Å². The van der Waals surface area contributed by atoms with Gasteiger partial charge in [-0.15, -0.1) is 0 Å². The maximum absolute atomic E-state index is 13.2. The van der Waals surface area contributed by atoms with Crippen LogP contribution in [0.25, 0.3) is 27.9 Å². The fourth-order valence-electron chi connectivity index (χ4n) is 3.50. The lowest BCUT2D eigenvalue weighted by Crippen LogP contribution is -2.32. The smallest absolute Gasteiger partial charge is 0.257 e. The highest BCUT2D eigenvalue weighted by Crippen LogP contribution is 2.36. The minimum absolute atomic E-state index is 0.00919. The van der Waals surface area contributed by atoms with Gasteiger partial charge in [-0.05, 0) is 37.6 Å². The Balaban J connectivity index is 2.07. The molecule has 2 aromatic carbocycles. The molecule has 0 aliphatic heterocycles. The zero-order valence-electron chi connectivity index (χ0n) is 18.0. The highest BCUT2D eigenvalue weighted by atomic mass is 16.5. The molecule has 1 unspecified atom stereocenters. The zero-order chi connectivity index (χ0) is 22.1. The Morgan fingerprint density at radius 2 is 1.84 bits per heavy atom. The molecule has 1 amide bonds. The predicted octanol–water partition coefficient (Wildman–Crippen LogP) is 3.70. The Kier molecular flexibility index (Phi) is 5.37. The molecule has 0 saturated heterocycles. The predicted molar refractivity (Wildman–Crippen MR) is 121 cm³/mol. The largest absolute Gasteiger partial charge is 0.497 e. The molecule has 0 saturated carbocycles. The van der Waals surface area contributed by atoms with Crippen LogP contribution >= 0.6 is 0 Å². The number of carbonyl (C=O) groups excluding carboxylic acids is 1. The molecule has 0 spiro atoms. The van der Waals surface area contributed by atoms with Crippen LogP contribution in [0, 0.1) is 0 Å². The first-order valence-electron chi connectivity index (χ1n) is 10.1. The number of para-hydroxylation sites is 2. The molecule has 4 rings (SSSR count). The number of hydrogen-bond donors (Lipinski definition) is 2. The number of anilines is 1. The van der Waals surface area contributed by atoms with Crippen LogP contribution in [0.3, 0.4) is 0 Å². The Labute approximate surface area is 180 Å². The van der Waals surface area contributed by atoms with Gasteiger partial charge in [-0.1, -0.05) is 19.1 Å². The van der Waals surface area contributed by atoms with E-state index in [4.69, 9.17) is 25.2 Å². The molecule has 4 aromatic rings. The van der Waals surface area contributed by atoms with E-state index in [1.54, 1.807) is 37.0 Å². The minimum atomic E-state index is -0.290. The summed E-state index contributed by atoms with van der Waals surface area (Å²) in [5, 5.41) is 2.99. The molecule has 0 bridgehead atoms. The van der Waals surface area contributed by atoms with Crippen molar-refractivity contribution in [2.75, 3.05) is 20.0 Å². The third-order valence-corrected chi connectivity index (χ3v) is 5.34. The van der Waals surface area contributed by atoms with Crippen LogP contribution in [0.1, 0.15) is 30.6 Å². The molecule has 160 valence electrons. The summed E-state index contributed by atoms with van der Waals surface area (Å²) in [6.45, 7) is 3.95. The number of methoxy groups -OCH3 is 2. The average Bonchev–Trinajstić information content (AvgIpc) is 3.07. The first-order chi connectivity index (χ1) is 15.0. The van der Waals surface area contributed by atoms with Gasteiger partial charge in [0.15, 0.2) is 5.65 Å². The van der Waals surface area contributed by atoms with Crippen molar-refractivity contribution in [3.8, 4) is 17.2 Å². The van der Waals surface area contributed by atoms with E-state index in [9.17, 15) is 4.79 Å². The molecule has 31 heavy (non-hydrogen) atoms. The number of hydrogen-bond acceptors (Lipinski definition) is 6. The van der Waals surface area contributed by atoms with Crippen molar-refractivity contribution in [2.45, 2.75) is 26.3 Å². The van der Waals surface area contributed by atoms with Gasteiger partial charge in [0.1, 0.15) is 28.4 Å². The number of nitrogens with zero attached hydrogens (tertiary/aromatic N) is 3. The van der Waals surface area contributed by atoms with Gasteiger partial charge in [0.05, 0.1) is 30.9 Å². The van der Waals surface area contributed by atoms with Gasteiger partial charge < -0.3 is 20.5 Å². The molecule has 0 aliphatic rings. The summed E-state index contributed by atoms with van der Waals surface area (Å²) in [6, 6.07) is 12.9. The second-order valence-electron chi connectivity index (χ2n) is 7.30. The summed E-state index contributed by atoms with van der Waals surface area (Å²) in [4.78, 5) is 22.7. The van der Waals surface area contributed by atoms with Crippen LogP contribution in [-0.4, -0.2) is 40.7 Å². The lowest BCUT2D eigenvalue weighted by Gasteiger charge is -2.14. The molecular weight excluding hydrogens is 394 g/mol. The Bertz CT molecular complexity index is 1280. The zero-order valence-corrected chi connectivity index (χ0v) is 18.0. The van der Waals surface area contributed by atoms with Gasteiger partial charge in [-0.2, -0.15) is 0 Å². The van der Waals surface area contributed by atoms with Crippen LogP contribution in [0.2, 0.25) is 0 Å². The number of rotatable bonds is 6. The SMILES string of the molecule is CCC(C)NC(=O)c1c(N)n(-c2cc(OC)ccc2OC)c2nc3ccccc3nc12. The molecule has 0 aliphatic carbocycles. The Hall–Kier alpha value is -3.81. The number of nitrogens with two attached hydrogens (primary N) is 1. The fraction of sp³-hybridized carbons (Fsp3) is 0.261. The van der Waals surface area contributed by atoms with E-state index < -0.39 is 0 Å². The lowest BCUT2D eigenvalue weighted by atomic mass is 10.2. The highest BCUT2D eigenvalue weighted by molar-refractivity contribution is 6.11. The maximum Gasteiger partial charge on any atom is 0.257 e. The molecular formula is C23H25N5O3. The van der Waals surface area contributed by atoms with Crippen molar-refractivity contribution in [3.63, 3.8) is 0 Å². The monoisotopic (exact) mass is 419 g/mol. The van der Waals surface area contributed by atoms with Crippen LogP contribution in [-0.2, 0) is 0 Å². The summed E-state index contributed by atoms with van der Waals surface area (Å²) in [7, 11) is 3.16. The average molecular weight is 419 g/mol. The first-order valence-corrected chi connectivity index (χ1v) is 10.1. The first kappa shape index (κ1) is 20.5. The maximum atomic E-state index is 13.2. The standard InChI is InChI=1S/C23H25N5O3/c1-5-13(2)25-23(29)19-20-22(27-16-9-7-6-8-15(16)26-20)28(21(19)24)17-12-14(30-3)10-11-18(17)31-4/h6-13H,5,24H2,1-4H3,(H,25,29). The van der Waals surface area contributed by atoms with Gasteiger partial charge in [0.2, 0.25) is 0 Å². The lowest BCUT2D eigenvalue weighted by molar-refractivity contribution is 0.0941. The summed E-state index contributed by atoms with van der Waals surface area (Å²) < 4.78 is 12.7. The topological polar surface area (TPSA) is 104 Å². The number of ether oxygens (including phenoxy) is 2. The van der Waals surface area contributed by atoms with Gasteiger partial charge in [-0.3, -0.25) is 9.36 Å². The van der Waals surface area contributed by atoms with E-state index in [1.165, 1.54) is 0 Å². The van der Waals surface area contributed by atoms with E-state index in [0.29, 0.717) is 44.9 Å². The Morgan fingerprint density at radius 3 is 2.48 bits per heavy atom. The summed E-state index contributed by atoms with van der Waals surface area (Å²) in [6.07, 6.45) is 0.794. The van der Waals surface area contributed by atoms with Crippen molar-refractivity contribution in [2.24, 2.45) is 0 Å². The quantitative estimate of drug-likeness (QED) is 0.494. The third kappa shape index (κ3) is 3.50. The molecule has 0 fully saturated rings. The highest BCUT2D eigenvalue weighted by Gasteiger charge is 2.26. The molecule has 8 nitrogen and oxygen atoms in total. The van der Waals surface area contributed by atoms with Gasteiger partial charge >= 0.3 is 0 Å². The van der Waals surface area contributed by atoms with Gasteiger partial charge in [0, 0.05) is 12.1 Å². The number of benzene rings is 2. The number of fused-ring (bicyclic) bond motifs is 2. The molecule has 0 radical (unpaired) electrons. The number of aromatic nitrogens is 3. The van der Waals surface area contributed by atoms with Crippen molar-refractivity contribution in [3.05, 3.63) is 48.0 Å². The molecule has 8 heteroatoms. The van der Waals surface area contributed by atoms with Gasteiger partial charge in [-0.25, -0.2) is 9.97 Å². The van der Waals surface area contributed by atoms with E-state index in [2.05, 4.69) is 5.32 Å². The molecule has 3 N–H and O–H groups in total. The fourth-order valence-corrected chi connectivity index (χ4v) is 3.50. The number of nitrogens with one attached hydrogen (secondary N) is 1. The number of nitrogen functional groups attached to an aromatic ring is 1. The summed E-state index contributed by atoms with van der Waals surface area (Å²) >= 11 is 0. The second-order valence-corrected chi connectivity index (χ2v) is 7.30. The second kappa shape index (κ2) is 8.14. The van der Waals surface area contributed by atoms with E-state index in [0.717, 1.165) is 6.42 Å². The normalized spacial score (nSPS) is 12.1. The van der Waals surface area contributed by atoms with Gasteiger partial charge in [0.25, 0.3) is 5.91 Å². The third-order valence-electron chi connectivity index (χ3n) is 5.34. The van der Waals surface area contributed by atoms with Crippen molar-refractivity contribution in [1.29, 1.82) is 0 Å². The van der Waals surface area contributed by atoms with E-state index >= 15 is 0 Å². The van der Waals surface area contributed by atoms with Crippen LogP contribution in [0.5, 0.6) is 11.5 Å². The molecule has 1 atom stereocenters. The molecule has 2 aromatic heterocycles. The van der Waals surface area contributed by atoms with Crippen LogP contribution in [0.4, 0.5) is 5.82 Å². The number of amides is 1. The van der Waals surface area contributed by atoms with E-state index in [-0.39, 0.29) is 17.8 Å². The minimum Gasteiger partial charge on any atom is -0.497 e. The Morgan fingerprint density at radius 1 is 1.13 bits per heavy atom. The molecule has 2 heterocycles. The van der Waals surface area contributed by atoms with Crippen molar-refractivity contribution >= 4 is 33.9 Å². The summed E-state index contributed by atoms with van der Waals surface area (Å²) in [5.41, 5.74) is 9.75.